The maximum atomic E-state index is 5.96. The van der Waals surface area contributed by atoms with Crippen molar-refractivity contribution in [2.75, 3.05) is 20.3 Å². The molecule has 2 aliphatic carbocycles. The van der Waals surface area contributed by atoms with E-state index in [0.717, 1.165) is 19.3 Å². The quantitative estimate of drug-likeness (QED) is 0.672. The second kappa shape index (κ2) is 3.56. The van der Waals surface area contributed by atoms with Gasteiger partial charge in [-0.2, -0.15) is 0 Å². The van der Waals surface area contributed by atoms with Crippen LogP contribution in [0.3, 0.4) is 0 Å². The van der Waals surface area contributed by atoms with Crippen molar-refractivity contribution in [1.29, 1.82) is 0 Å². The maximum absolute atomic E-state index is 5.96. The first-order valence-corrected chi connectivity index (χ1v) is 6.30. The van der Waals surface area contributed by atoms with E-state index in [1.165, 1.54) is 0 Å². The summed E-state index contributed by atoms with van der Waals surface area (Å²) < 4.78 is 17.8. The Labute approximate surface area is 96.8 Å². The maximum Gasteiger partial charge on any atom is 0.201 e. The van der Waals surface area contributed by atoms with Gasteiger partial charge in [0.1, 0.15) is 5.60 Å². The molecule has 1 aliphatic heterocycles. The number of ether oxygens (including phenoxy) is 3. The van der Waals surface area contributed by atoms with Gasteiger partial charge in [0.05, 0.1) is 13.2 Å². The molecule has 3 rings (SSSR count). The third kappa shape index (κ3) is 0.998. The van der Waals surface area contributed by atoms with Gasteiger partial charge in [-0.3, -0.25) is 0 Å². The molecule has 1 saturated carbocycles. The van der Waals surface area contributed by atoms with E-state index in [-0.39, 0.29) is 5.60 Å². The lowest BCUT2D eigenvalue weighted by Crippen LogP contribution is -2.76. The minimum Gasteiger partial charge on any atom is -0.372 e. The minimum atomic E-state index is -0.452. The Morgan fingerprint density at radius 1 is 1.38 bits per heavy atom. The SMILES string of the molecule is CCC1C2C=CCCC2(OC)C12OCCO2. The van der Waals surface area contributed by atoms with Crippen LogP contribution in [0.4, 0.5) is 0 Å². The summed E-state index contributed by atoms with van der Waals surface area (Å²) in [5, 5.41) is 0. The molecule has 3 atom stereocenters. The highest BCUT2D eigenvalue weighted by Crippen LogP contribution is 2.63. The fourth-order valence-corrected chi connectivity index (χ4v) is 3.97. The van der Waals surface area contributed by atoms with Crippen LogP contribution in [0.15, 0.2) is 12.2 Å². The molecule has 0 aromatic rings. The highest BCUT2D eigenvalue weighted by atomic mass is 16.8. The van der Waals surface area contributed by atoms with Crippen molar-refractivity contribution in [3.63, 3.8) is 0 Å². The van der Waals surface area contributed by atoms with Crippen LogP contribution >= 0.6 is 0 Å². The predicted molar refractivity (Wildman–Crippen MR) is 60.0 cm³/mol. The summed E-state index contributed by atoms with van der Waals surface area (Å²) in [5.74, 6) is 0.465. The third-order valence-corrected chi connectivity index (χ3v) is 4.60. The minimum absolute atomic E-state index is 0.223. The Kier molecular flexibility index (Phi) is 2.39. The van der Waals surface area contributed by atoms with Gasteiger partial charge in [0.15, 0.2) is 0 Å². The van der Waals surface area contributed by atoms with Gasteiger partial charge >= 0.3 is 0 Å². The number of hydrogen-bond acceptors (Lipinski definition) is 3. The van der Waals surface area contributed by atoms with Crippen LogP contribution in [0.25, 0.3) is 0 Å². The molecule has 1 heterocycles. The Balaban J connectivity index is 1.99. The molecule has 3 unspecified atom stereocenters. The van der Waals surface area contributed by atoms with E-state index >= 15 is 0 Å². The summed E-state index contributed by atoms with van der Waals surface area (Å²) in [7, 11) is 1.80. The van der Waals surface area contributed by atoms with Gasteiger partial charge in [0.25, 0.3) is 0 Å². The molecule has 1 saturated heterocycles. The number of methoxy groups -OCH3 is 1. The molecule has 3 aliphatic rings. The van der Waals surface area contributed by atoms with Crippen LogP contribution in [-0.2, 0) is 14.2 Å². The fourth-order valence-electron chi connectivity index (χ4n) is 3.97. The van der Waals surface area contributed by atoms with Gasteiger partial charge in [0, 0.05) is 18.9 Å². The van der Waals surface area contributed by atoms with E-state index in [0.29, 0.717) is 25.0 Å². The lowest BCUT2D eigenvalue weighted by atomic mass is 9.51. The van der Waals surface area contributed by atoms with Crippen LogP contribution in [-0.4, -0.2) is 31.7 Å². The highest BCUT2D eigenvalue weighted by molar-refractivity contribution is 5.26. The van der Waals surface area contributed by atoms with Crippen LogP contribution in [0, 0.1) is 11.8 Å². The number of rotatable bonds is 2. The molecule has 0 bridgehead atoms. The second-order valence-electron chi connectivity index (χ2n) is 4.97. The molecule has 0 aromatic carbocycles. The van der Waals surface area contributed by atoms with Crippen molar-refractivity contribution >= 4 is 0 Å². The van der Waals surface area contributed by atoms with Gasteiger partial charge < -0.3 is 14.2 Å². The molecule has 0 amide bonds. The molecule has 3 heteroatoms. The molecule has 2 fully saturated rings. The predicted octanol–water partition coefficient (Wildman–Crippen LogP) is 2.12. The van der Waals surface area contributed by atoms with Crippen LogP contribution in [0.5, 0.6) is 0 Å². The molecule has 16 heavy (non-hydrogen) atoms. The lowest BCUT2D eigenvalue weighted by molar-refractivity contribution is -0.392. The normalized spacial score (nSPS) is 44.4. The average molecular weight is 224 g/mol. The summed E-state index contributed by atoms with van der Waals surface area (Å²) in [5.41, 5.74) is -0.223. The highest BCUT2D eigenvalue weighted by Gasteiger charge is 2.74. The monoisotopic (exact) mass is 224 g/mol. The number of fused-ring (bicyclic) bond motifs is 2. The smallest absolute Gasteiger partial charge is 0.201 e. The zero-order chi connectivity index (χ0) is 11.2. The molecule has 1 spiro atoms. The van der Waals surface area contributed by atoms with Gasteiger partial charge in [-0.15, -0.1) is 0 Å². The van der Waals surface area contributed by atoms with Crippen molar-refractivity contribution in [3.8, 4) is 0 Å². The van der Waals surface area contributed by atoms with Gasteiger partial charge in [-0.1, -0.05) is 19.1 Å². The molecular formula is C13H20O3. The summed E-state index contributed by atoms with van der Waals surface area (Å²) in [6.07, 6.45) is 7.74. The van der Waals surface area contributed by atoms with Gasteiger partial charge in [-0.25, -0.2) is 0 Å². The van der Waals surface area contributed by atoms with Crippen molar-refractivity contribution < 1.29 is 14.2 Å². The van der Waals surface area contributed by atoms with Crippen LogP contribution in [0.1, 0.15) is 26.2 Å². The Bertz CT molecular complexity index is 306. The summed E-state index contributed by atoms with van der Waals surface area (Å²) in [6, 6.07) is 0. The van der Waals surface area contributed by atoms with Crippen LogP contribution < -0.4 is 0 Å². The summed E-state index contributed by atoms with van der Waals surface area (Å²) in [6.45, 7) is 3.62. The van der Waals surface area contributed by atoms with Crippen LogP contribution in [0.2, 0.25) is 0 Å². The van der Waals surface area contributed by atoms with E-state index in [2.05, 4.69) is 19.1 Å². The van der Waals surface area contributed by atoms with E-state index in [4.69, 9.17) is 14.2 Å². The average Bonchev–Trinajstić information content (AvgIpc) is 2.81. The molecule has 0 radical (unpaired) electrons. The first-order chi connectivity index (χ1) is 7.81. The van der Waals surface area contributed by atoms with E-state index < -0.39 is 5.79 Å². The van der Waals surface area contributed by atoms with Gasteiger partial charge in [0.2, 0.25) is 5.79 Å². The Morgan fingerprint density at radius 3 is 2.75 bits per heavy atom. The van der Waals surface area contributed by atoms with E-state index in [1.807, 2.05) is 0 Å². The Morgan fingerprint density at radius 2 is 2.12 bits per heavy atom. The number of hydrogen-bond donors (Lipinski definition) is 0. The number of allylic oxidation sites excluding steroid dienone is 1. The zero-order valence-electron chi connectivity index (χ0n) is 10.1. The molecule has 90 valence electrons. The third-order valence-electron chi connectivity index (χ3n) is 4.60. The Hall–Kier alpha value is -0.380. The lowest BCUT2D eigenvalue weighted by Gasteiger charge is -2.65. The van der Waals surface area contributed by atoms with Crippen molar-refractivity contribution in [2.24, 2.45) is 11.8 Å². The van der Waals surface area contributed by atoms with Crippen molar-refractivity contribution in [3.05, 3.63) is 12.2 Å². The first kappa shape index (κ1) is 10.8. The second-order valence-corrected chi connectivity index (χ2v) is 4.97. The fraction of sp³-hybridized carbons (Fsp3) is 0.846. The van der Waals surface area contributed by atoms with Gasteiger partial charge in [-0.05, 0) is 19.3 Å². The zero-order valence-corrected chi connectivity index (χ0v) is 10.1. The topological polar surface area (TPSA) is 27.7 Å². The standard InChI is InChI=1S/C13H20O3/c1-3-10-11-6-4-5-7-12(11,14-2)13(10)15-8-9-16-13/h4,6,10-11H,3,5,7-9H2,1-2H3. The first-order valence-electron chi connectivity index (χ1n) is 6.30. The molecule has 3 nitrogen and oxygen atoms in total. The van der Waals surface area contributed by atoms with E-state index in [1.54, 1.807) is 7.11 Å². The molecule has 0 aromatic heterocycles. The van der Waals surface area contributed by atoms with Crippen molar-refractivity contribution in [1.82, 2.24) is 0 Å². The molecule has 0 N–H and O–H groups in total. The summed E-state index contributed by atoms with van der Waals surface area (Å²) >= 11 is 0. The largest absolute Gasteiger partial charge is 0.372 e. The summed E-state index contributed by atoms with van der Waals surface area (Å²) in [4.78, 5) is 0. The van der Waals surface area contributed by atoms with Crippen molar-refractivity contribution in [2.45, 2.75) is 37.6 Å². The van der Waals surface area contributed by atoms with E-state index in [9.17, 15) is 0 Å². The molecular weight excluding hydrogens is 204 g/mol.